The Hall–Kier alpha value is -2.21. The lowest BCUT2D eigenvalue weighted by Crippen LogP contribution is -2.28. The van der Waals surface area contributed by atoms with E-state index in [1.807, 2.05) is 42.3 Å². The van der Waals surface area contributed by atoms with Crippen LogP contribution in [0.1, 0.15) is 19.2 Å². The molecule has 22 heavy (non-hydrogen) atoms. The predicted molar refractivity (Wildman–Crippen MR) is 82.2 cm³/mol. The van der Waals surface area contributed by atoms with Gasteiger partial charge in [-0.1, -0.05) is 35.5 Å². The zero-order chi connectivity index (χ0) is 15.8. The highest BCUT2D eigenvalue weighted by Gasteiger charge is 2.10. The Kier molecular flexibility index (Phi) is 6.09. The summed E-state index contributed by atoms with van der Waals surface area (Å²) in [6.07, 6.45) is 1.53. The number of hydrogen-bond acceptors (Lipinski definition) is 6. The number of aromatic nitrogens is 2. The topological polar surface area (TPSA) is 68.5 Å². The molecule has 0 unspecified atom stereocenters. The van der Waals surface area contributed by atoms with Gasteiger partial charge in [0.05, 0.1) is 13.2 Å². The predicted octanol–water partition coefficient (Wildman–Crippen LogP) is 2.16. The molecular weight excluding hydrogens is 282 g/mol. The molecule has 0 atom stereocenters. The number of carbonyl (C=O) groups excluding carboxylic acids is 1. The van der Waals surface area contributed by atoms with E-state index in [9.17, 15) is 4.79 Å². The largest absolute Gasteiger partial charge is 0.465 e. The molecule has 0 aliphatic carbocycles. The van der Waals surface area contributed by atoms with Gasteiger partial charge < -0.3 is 9.26 Å². The van der Waals surface area contributed by atoms with Crippen LogP contribution < -0.4 is 0 Å². The number of esters is 1. The van der Waals surface area contributed by atoms with E-state index in [0.717, 1.165) is 18.5 Å². The molecule has 1 aromatic heterocycles. The fourth-order valence-electron chi connectivity index (χ4n) is 2.07. The molecule has 0 bridgehead atoms. The van der Waals surface area contributed by atoms with Crippen LogP contribution in [0, 0.1) is 0 Å². The number of hydrogen-bond donors (Lipinski definition) is 0. The van der Waals surface area contributed by atoms with Crippen LogP contribution in [-0.4, -0.2) is 47.8 Å². The second-order valence-corrected chi connectivity index (χ2v) is 5.02. The van der Waals surface area contributed by atoms with Gasteiger partial charge in [-0.2, -0.15) is 4.98 Å². The van der Waals surface area contributed by atoms with Crippen LogP contribution in [0.15, 0.2) is 34.9 Å². The molecule has 1 aromatic carbocycles. The van der Waals surface area contributed by atoms with Crippen molar-refractivity contribution in [3.8, 4) is 11.4 Å². The molecule has 6 heteroatoms. The van der Waals surface area contributed by atoms with Crippen molar-refractivity contribution < 1.29 is 14.1 Å². The molecule has 118 valence electrons. The van der Waals surface area contributed by atoms with E-state index >= 15 is 0 Å². The summed E-state index contributed by atoms with van der Waals surface area (Å²) in [6.45, 7) is 3.28. The van der Waals surface area contributed by atoms with Crippen molar-refractivity contribution in [3.63, 3.8) is 0 Å². The minimum Gasteiger partial charge on any atom is -0.465 e. The van der Waals surface area contributed by atoms with Gasteiger partial charge in [0.2, 0.25) is 11.7 Å². The zero-order valence-electron chi connectivity index (χ0n) is 13.0. The van der Waals surface area contributed by atoms with Crippen LogP contribution in [-0.2, 0) is 16.0 Å². The average molecular weight is 303 g/mol. The number of likely N-dealkylation sites (N-methyl/N-ethyl adjacent to an activating group) is 1. The van der Waals surface area contributed by atoms with E-state index in [1.54, 1.807) is 6.92 Å². The fraction of sp³-hybridized carbons (Fsp3) is 0.438. The van der Waals surface area contributed by atoms with Crippen LogP contribution >= 0.6 is 0 Å². The second-order valence-electron chi connectivity index (χ2n) is 5.02. The van der Waals surface area contributed by atoms with Gasteiger partial charge in [0.1, 0.15) is 0 Å². The minimum absolute atomic E-state index is 0.200. The molecule has 0 spiro atoms. The highest BCUT2D eigenvalue weighted by molar-refractivity contribution is 5.71. The summed E-state index contributed by atoms with van der Waals surface area (Å²) < 4.78 is 10.2. The number of benzene rings is 1. The van der Waals surface area contributed by atoms with Crippen molar-refractivity contribution in [3.05, 3.63) is 36.2 Å². The first kappa shape index (κ1) is 16.2. The zero-order valence-corrected chi connectivity index (χ0v) is 13.0. The smallest absolute Gasteiger partial charge is 0.320 e. The first-order chi connectivity index (χ1) is 10.7. The van der Waals surface area contributed by atoms with Crippen LogP contribution in [0.3, 0.4) is 0 Å². The van der Waals surface area contributed by atoms with Gasteiger partial charge >= 0.3 is 5.97 Å². The van der Waals surface area contributed by atoms with Crippen LogP contribution in [0.25, 0.3) is 11.4 Å². The highest BCUT2D eigenvalue weighted by atomic mass is 16.5. The molecule has 0 saturated carbocycles. The summed E-state index contributed by atoms with van der Waals surface area (Å²) >= 11 is 0. The minimum atomic E-state index is -0.200. The molecule has 1 heterocycles. The number of aryl methyl sites for hydroxylation is 1. The third-order valence-corrected chi connectivity index (χ3v) is 3.13. The van der Waals surface area contributed by atoms with Crippen LogP contribution in [0.4, 0.5) is 0 Å². The van der Waals surface area contributed by atoms with Crippen molar-refractivity contribution in [2.45, 2.75) is 19.8 Å². The normalized spacial score (nSPS) is 10.9. The Morgan fingerprint density at radius 3 is 2.82 bits per heavy atom. The Bertz CT molecular complexity index is 583. The van der Waals surface area contributed by atoms with E-state index in [-0.39, 0.29) is 5.97 Å². The Morgan fingerprint density at radius 2 is 2.09 bits per heavy atom. The maximum atomic E-state index is 11.3. The lowest BCUT2D eigenvalue weighted by Gasteiger charge is -2.14. The van der Waals surface area contributed by atoms with Crippen molar-refractivity contribution in [1.82, 2.24) is 15.0 Å². The van der Waals surface area contributed by atoms with E-state index in [1.165, 1.54) is 0 Å². The van der Waals surface area contributed by atoms with E-state index in [0.29, 0.717) is 31.3 Å². The van der Waals surface area contributed by atoms with Crippen LogP contribution in [0.5, 0.6) is 0 Å². The van der Waals surface area contributed by atoms with Gasteiger partial charge in [-0.25, -0.2) is 0 Å². The summed E-state index contributed by atoms with van der Waals surface area (Å²) in [6, 6.07) is 9.72. The summed E-state index contributed by atoms with van der Waals surface area (Å²) in [4.78, 5) is 17.6. The molecular formula is C16H21N3O3. The number of rotatable bonds is 8. The lowest BCUT2D eigenvalue weighted by atomic mass is 10.2. The average Bonchev–Trinajstić information content (AvgIpc) is 2.97. The van der Waals surface area contributed by atoms with Gasteiger partial charge in [0, 0.05) is 12.0 Å². The van der Waals surface area contributed by atoms with Gasteiger partial charge in [-0.05, 0) is 26.9 Å². The summed E-state index contributed by atoms with van der Waals surface area (Å²) in [5.41, 5.74) is 0.942. The number of nitrogens with zero attached hydrogens (tertiary/aromatic N) is 3. The van der Waals surface area contributed by atoms with Gasteiger partial charge in [-0.15, -0.1) is 0 Å². The standard InChI is InChI=1S/C16H21N3O3/c1-3-21-15(20)12-19(2)11-7-10-14-17-16(18-22-14)13-8-5-4-6-9-13/h4-6,8-9H,3,7,10-12H2,1-2H3. The quantitative estimate of drug-likeness (QED) is 0.696. The molecule has 0 amide bonds. The first-order valence-electron chi connectivity index (χ1n) is 7.41. The molecule has 0 aliphatic rings. The Morgan fingerprint density at radius 1 is 1.32 bits per heavy atom. The molecule has 2 rings (SSSR count). The maximum Gasteiger partial charge on any atom is 0.320 e. The van der Waals surface area contributed by atoms with Gasteiger partial charge in [0.25, 0.3) is 0 Å². The van der Waals surface area contributed by atoms with Crippen molar-refractivity contribution in [1.29, 1.82) is 0 Å². The van der Waals surface area contributed by atoms with Crippen molar-refractivity contribution in [2.75, 3.05) is 26.7 Å². The van der Waals surface area contributed by atoms with Gasteiger partial charge in [-0.3, -0.25) is 9.69 Å². The third-order valence-electron chi connectivity index (χ3n) is 3.13. The molecule has 0 radical (unpaired) electrons. The molecule has 0 fully saturated rings. The van der Waals surface area contributed by atoms with E-state index in [2.05, 4.69) is 10.1 Å². The fourth-order valence-corrected chi connectivity index (χ4v) is 2.07. The Balaban J connectivity index is 1.76. The van der Waals surface area contributed by atoms with Crippen molar-refractivity contribution in [2.24, 2.45) is 0 Å². The van der Waals surface area contributed by atoms with E-state index in [4.69, 9.17) is 9.26 Å². The molecule has 0 aliphatic heterocycles. The summed E-state index contributed by atoms with van der Waals surface area (Å²) in [7, 11) is 1.89. The number of ether oxygens (including phenoxy) is 1. The summed E-state index contributed by atoms with van der Waals surface area (Å²) in [5, 5.41) is 3.98. The van der Waals surface area contributed by atoms with E-state index < -0.39 is 0 Å². The second kappa shape index (κ2) is 8.29. The monoisotopic (exact) mass is 303 g/mol. The highest BCUT2D eigenvalue weighted by Crippen LogP contribution is 2.15. The molecule has 0 saturated heterocycles. The molecule has 0 N–H and O–H groups in total. The third kappa shape index (κ3) is 4.96. The van der Waals surface area contributed by atoms with Crippen LogP contribution in [0.2, 0.25) is 0 Å². The Labute approximate surface area is 130 Å². The SMILES string of the molecule is CCOC(=O)CN(C)CCCc1nc(-c2ccccc2)no1. The molecule has 6 nitrogen and oxygen atoms in total. The lowest BCUT2D eigenvalue weighted by molar-refractivity contribution is -0.144. The maximum absolute atomic E-state index is 11.3. The van der Waals surface area contributed by atoms with Crippen molar-refractivity contribution >= 4 is 5.97 Å². The molecule has 2 aromatic rings. The first-order valence-corrected chi connectivity index (χ1v) is 7.41. The number of carbonyl (C=O) groups is 1. The summed E-state index contributed by atoms with van der Waals surface area (Å²) in [5.74, 6) is 1.02. The van der Waals surface area contributed by atoms with Gasteiger partial charge in [0.15, 0.2) is 0 Å².